The third kappa shape index (κ3) is 7.27. The SMILES string of the molecule is CC(=O)O[C@@H]1C(CO[Si](C)(C)C(C)(C)C)O[C@H](O[P+](=O)O)C(N=[N+]=[N-])[C@H]1OC(C)=O. The van der Waals surface area contributed by atoms with Gasteiger partial charge in [-0.25, -0.2) is 0 Å². The quantitative estimate of drug-likeness (QED) is 0.141. The van der Waals surface area contributed by atoms with Crippen LogP contribution >= 0.6 is 8.25 Å². The second kappa shape index (κ2) is 10.6. The van der Waals surface area contributed by atoms with Gasteiger partial charge in [-0.15, -0.1) is 4.89 Å². The summed E-state index contributed by atoms with van der Waals surface area (Å²) in [5.74, 6) is -1.43. The summed E-state index contributed by atoms with van der Waals surface area (Å²) in [6.45, 7) is 12.3. The molecule has 0 aliphatic carbocycles. The summed E-state index contributed by atoms with van der Waals surface area (Å²) in [7, 11) is -5.40. The number of esters is 2. The van der Waals surface area contributed by atoms with Crippen molar-refractivity contribution in [3.63, 3.8) is 0 Å². The van der Waals surface area contributed by atoms with Crippen LogP contribution in [0.3, 0.4) is 0 Å². The number of ether oxygens (including phenoxy) is 3. The van der Waals surface area contributed by atoms with Gasteiger partial charge >= 0.3 is 20.2 Å². The Hall–Kier alpha value is -1.59. The number of azide groups is 1. The number of rotatable bonds is 8. The lowest BCUT2D eigenvalue weighted by molar-refractivity contribution is -0.250. The summed E-state index contributed by atoms with van der Waals surface area (Å²) < 4.78 is 38.5. The van der Waals surface area contributed by atoms with Crippen molar-refractivity contribution in [1.29, 1.82) is 0 Å². The maximum Gasteiger partial charge on any atom is 0.697 e. The first kappa shape index (κ1) is 26.4. The second-order valence-electron chi connectivity index (χ2n) is 8.30. The molecule has 0 bridgehead atoms. The average molecular weight is 466 g/mol. The van der Waals surface area contributed by atoms with Gasteiger partial charge in [-0.05, 0) is 23.7 Å². The maximum atomic E-state index is 11.7. The van der Waals surface area contributed by atoms with Crippen LogP contribution in [-0.4, -0.2) is 62.4 Å². The molecule has 1 heterocycles. The van der Waals surface area contributed by atoms with Crippen LogP contribution in [0.15, 0.2) is 5.11 Å². The zero-order chi connectivity index (χ0) is 23.3. The van der Waals surface area contributed by atoms with Gasteiger partial charge in [0.15, 0.2) is 20.5 Å². The highest BCUT2D eigenvalue weighted by molar-refractivity contribution is 7.32. The molecule has 170 valence electrons. The first-order chi connectivity index (χ1) is 13.7. The molecule has 30 heavy (non-hydrogen) atoms. The molecule has 0 aromatic rings. The Morgan fingerprint density at radius 2 is 1.73 bits per heavy atom. The summed E-state index contributed by atoms with van der Waals surface area (Å²) >= 11 is 0. The van der Waals surface area contributed by atoms with E-state index in [1.807, 2.05) is 33.9 Å². The molecule has 0 aromatic heterocycles. The Labute approximate surface area is 176 Å². The van der Waals surface area contributed by atoms with Crippen LogP contribution in [0.4, 0.5) is 0 Å². The van der Waals surface area contributed by atoms with E-state index in [0.29, 0.717) is 0 Å². The van der Waals surface area contributed by atoms with E-state index in [-0.39, 0.29) is 11.6 Å². The number of nitrogens with zero attached hydrogens (tertiary/aromatic N) is 3. The van der Waals surface area contributed by atoms with Gasteiger partial charge in [0.25, 0.3) is 0 Å². The van der Waals surface area contributed by atoms with Crippen LogP contribution < -0.4 is 0 Å². The van der Waals surface area contributed by atoms with E-state index < -0.39 is 59.2 Å². The van der Waals surface area contributed by atoms with Crippen LogP contribution in [0.1, 0.15) is 34.6 Å². The predicted octanol–water partition coefficient (Wildman–Crippen LogP) is 2.94. The molecule has 6 atom stereocenters. The van der Waals surface area contributed by atoms with E-state index in [1.54, 1.807) is 0 Å². The van der Waals surface area contributed by atoms with E-state index in [4.69, 9.17) is 28.7 Å². The summed E-state index contributed by atoms with van der Waals surface area (Å²) in [6.07, 6.45) is -5.05. The fraction of sp³-hybridized carbons (Fsp3) is 0.875. The minimum atomic E-state index is -3.14. The molecule has 0 spiro atoms. The highest BCUT2D eigenvalue weighted by atomic mass is 31.1. The summed E-state index contributed by atoms with van der Waals surface area (Å²) in [5.41, 5.74) is 8.90. The first-order valence-corrected chi connectivity index (χ1v) is 13.2. The normalized spacial score (nSPS) is 27.6. The van der Waals surface area contributed by atoms with Crippen molar-refractivity contribution in [1.82, 2.24) is 0 Å². The largest absolute Gasteiger partial charge is 0.697 e. The van der Waals surface area contributed by atoms with Gasteiger partial charge in [-0.3, -0.25) is 9.59 Å². The molecule has 12 nitrogen and oxygen atoms in total. The van der Waals surface area contributed by atoms with Gasteiger partial charge in [0.2, 0.25) is 6.29 Å². The molecule has 0 amide bonds. The van der Waals surface area contributed by atoms with Crippen molar-refractivity contribution in [2.24, 2.45) is 5.11 Å². The van der Waals surface area contributed by atoms with Crippen molar-refractivity contribution in [3.05, 3.63) is 10.4 Å². The van der Waals surface area contributed by atoms with Crippen molar-refractivity contribution >= 4 is 28.5 Å². The monoisotopic (exact) mass is 466 g/mol. The zero-order valence-electron chi connectivity index (χ0n) is 18.1. The molecule has 1 rings (SSSR count). The lowest BCUT2D eigenvalue weighted by Gasteiger charge is -2.43. The summed E-state index contributed by atoms with van der Waals surface area (Å²) in [5, 5.41) is 3.35. The fourth-order valence-electron chi connectivity index (χ4n) is 2.55. The lowest BCUT2D eigenvalue weighted by Crippen LogP contribution is -2.61. The van der Waals surface area contributed by atoms with Gasteiger partial charge in [-0.1, -0.05) is 30.4 Å². The molecule has 1 N–H and O–H groups in total. The Bertz CT molecular complexity index is 709. The third-order valence-corrected chi connectivity index (χ3v) is 9.90. The predicted molar refractivity (Wildman–Crippen MR) is 107 cm³/mol. The van der Waals surface area contributed by atoms with Crippen LogP contribution in [0.2, 0.25) is 18.1 Å². The Morgan fingerprint density at radius 3 is 2.17 bits per heavy atom. The molecular formula is C16H29N3O9PSi+. The summed E-state index contributed by atoms with van der Waals surface area (Å²) in [4.78, 5) is 35.2. The first-order valence-electron chi connectivity index (χ1n) is 9.20. The van der Waals surface area contributed by atoms with Gasteiger partial charge in [0.1, 0.15) is 12.1 Å². The van der Waals surface area contributed by atoms with E-state index in [9.17, 15) is 19.0 Å². The van der Waals surface area contributed by atoms with Crippen LogP contribution in [-0.2, 0) is 37.3 Å². The van der Waals surface area contributed by atoms with Crippen molar-refractivity contribution in [3.8, 4) is 0 Å². The number of hydrogen-bond acceptors (Lipinski definition) is 9. The maximum absolute atomic E-state index is 11.7. The minimum absolute atomic E-state index is 0.0722. The average Bonchev–Trinajstić information content (AvgIpc) is 2.56. The molecule has 0 aromatic carbocycles. The van der Waals surface area contributed by atoms with E-state index in [2.05, 4.69) is 10.0 Å². The van der Waals surface area contributed by atoms with Crippen LogP contribution in [0, 0.1) is 0 Å². The lowest BCUT2D eigenvalue weighted by atomic mass is 9.97. The fourth-order valence-corrected chi connectivity index (χ4v) is 3.92. The molecule has 0 radical (unpaired) electrons. The molecule has 1 aliphatic heterocycles. The molecule has 0 saturated carbocycles. The highest BCUT2D eigenvalue weighted by Crippen LogP contribution is 2.38. The third-order valence-electron chi connectivity index (χ3n) is 5.01. The van der Waals surface area contributed by atoms with Crippen molar-refractivity contribution in [2.45, 2.75) is 83.4 Å². The van der Waals surface area contributed by atoms with E-state index in [0.717, 1.165) is 13.8 Å². The molecule has 14 heteroatoms. The number of hydrogen-bond donors (Lipinski definition) is 1. The standard InChI is InChI=1S/C16H28N3O9PSi/c1-9(20)25-13-11(8-24-30(6,7)16(3,4)5)27-15(28-29(22)23)12(18-19-17)14(13)26-10(2)21/h11-15H,8H2,1-7H3/p+1/t11?,12?,13-,14-,15-/m1/s1. The van der Waals surface area contributed by atoms with Gasteiger partial charge < -0.3 is 18.6 Å². The zero-order valence-corrected chi connectivity index (χ0v) is 20.0. The van der Waals surface area contributed by atoms with E-state index in [1.165, 1.54) is 0 Å². The molecule has 1 aliphatic rings. The Balaban J connectivity index is 3.33. The highest BCUT2D eigenvalue weighted by Gasteiger charge is 2.53. The van der Waals surface area contributed by atoms with Crippen LogP contribution in [0.5, 0.6) is 0 Å². The van der Waals surface area contributed by atoms with Gasteiger partial charge in [0, 0.05) is 23.3 Å². The topological polar surface area (TPSA) is 166 Å². The van der Waals surface area contributed by atoms with Gasteiger partial charge in [-0.2, -0.15) is 0 Å². The van der Waals surface area contributed by atoms with E-state index >= 15 is 0 Å². The number of carbonyl (C=O) groups is 2. The molecular weight excluding hydrogens is 437 g/mol. The van der Waals surface area contributed by atoms with Crippen LogP contribution in [0.25, 0.3) is 10.4 Å². The Morgan fingerprint density at radius 1 is 1.20 bits per heavy atom. The smallest absolute Gasteiger partial charge is 0.458 e. The van der Waals surface area contributed by atoms with Crippen molar-refractivity contribution in [2.75, 3.05) is 6.61 Å². The molecule has 3 unspecified atom stereocenters. The molecule has 1 fully saturated rings. The Kier molecular flexibility index (Phi) is 9.37. The van der Waals surface area contributed by atoms with Gasteiger partial charge in [0.05, 0.1) is 6.61 Å². The number of carbonyl (C=O) groups excluding carboxylic acids is 2. The molecule has 1 saturated heterocycles. The minimum Gasteiger partial charge on any atom is -0.458 e. The van der Waals surface area contributed by atoms with Crippen molar-refractivity contribution < 1.29 is 42.2 Å². The second-order valence-corrected chi connectivity index (χ2v) is 13.8. The summed E-state index contributed by atoms with van der Waals surface area (Å²) in [6, 6.07) is -1.38.